The van der Waals surface area contributed by atoms with Gasteiger partial charge in [-0.3, -0.25) is 4.79 Å². The van der Waals surface area contributed by atoms with Gasteiger partial charge in [0.1, 0.15) is 6.10 Å². The predicted molar refractivity (Wildman–Crippen MR) is 73.6 cm³/mol. The van der Waals surface area contributed by atoms with Crippen LogP contribution in [0.4, 0.5) is 0 Å². The molecule has 1 amide bonds. The van der Waals surface area contributed by atoms with Gasteiger partial charge in [-0.2, -0.15) is 0 Å². The molecule has 0 aromatic heterocycles. The first-order valence-corrected chi connectivity index (χ1v) is 7.27. The van der Waals surface area contributed by atoms with Crippen molar-refractivity contribution in [1.82, 2.24) is 10.6 Å². The topological polar surface area (TPSA) is 50.4 Å². The molecular weight excluding hydrogens is 228 g/mol. The van der Waals surface area contributed by atoms with Gasteiger partial charge in [-0.05, 0) is 46.1 Å². The van der Waals surface area contributed by atoms with Gasteiger partial charge in [-0.1, -0.05) is 13.3 Å². The van der Waals surface area contributed by atoms with Gasteiger partial charge in [0.25, 0.3) is 0 Å². The molecule has 0 heterocycles. The monoisotopic (exact) mass is 256 g/mol. The van der Waals surface area contributed by atoms with Crippen molar-refractivity contribution in [2.45, 2.75) is 70.6 Å². The van der Waals surface area contributed by atoms with Crippen molar-refractivity contribution < 1.29 is 9.53 Å². The summed E-state index contributed by atoms with van der Waals surface area (Å²) in [7, 11) is 2.01. The number of carbonyl (C=O) groups excluding carboxylic acids is 1. The zero-order chi connectivity index (χ0) is 13.4. The lowest BCUT2D eigenvalue weighted by Gasteiger charge is -2.30. The summed E-state index contributed by atoms with van der Waals surface area (Å²) in [6.45, 7) is 4.73. The minimum absolute atomic E-state index is 0.0270. The maximum Gasteiger partial charge on any atom is 0.248 e. The first-order chi connectivity index (χ1) is 8.67. The van der Waals surface area contributed by atoms with Gasteiger partial charge in [0, 0.05) is 12.6 Å². The largest absolute Gasteiger partial charge is 0.365 e. The fourth-order valence-corrected chi connectivity index (χ4v) is 2.37. The van der Waals surface area contributed by atoms with E-state index in [-0.39, 0.29) is 18.1 Å². The van der Waals surface area contributed by atoms with E-state index in [9.17, 15) is 4.79 Å². The second-order valence-electron chi connectivity index (χ2n) is 5.19. The maximum absolute atomic E-state index is 11.8. The number of nitrogens with one attached hydrogen (secondary N) is 2. The Morgan fingerprint density at radius 2 is 2.00 bits per heavy atom. The molecule has 4 heteroatoms. The lowest BCUT2D eigenvalue weighted by Crippen LogP contribution is -2.39. The molecule has 1 aliphatic rings. The van der Waals surface area contributed by atoms with Gasteiger partial charge in [-0.25, -0.2) is 0 Å². The van der Waals surface area contributed by atoms with Gasteiger partial charge in [0.15, 0.2) is 0 Å². The fourth-order valence-electron chi connectivity index (χ4n) is 2.37. The average Bonchev–Trinajstić information content (AvgIpc) is 2.39. The standard InChI is InChI=1S/C14H28N2O2/c1-4-5-10-16-14(17)11(2)18-13-8-6-12(15-3)7-9-13/h11-13,15H,4-10H2,1-3H3,(H,16,17). The highest BCUT2D eigenvalue weighted by Gasteiger charge is 2.24. The summed E-state index contributed by atoms with van der Waals surface area (Å²) in [5.41, 5.74) is 0. The molecular formula is C14H28N2O2. The third-order valence-corrected chi connectivity index (χ3v) is 3.68. The van der Waals surface area contributed by atoms with E-state index in [4.69, 9.17) is 4.74 Å². The Kier molecular flexibility index (Phi) is 7.28. The maximum atomic E-state index is 11.8. The van der Waals surface area contributed by atoms with Crippen LogP contribution in [0.1, 0.15) is 52.4 Å². The Morgan fingerprint density at radius 1 is 1.33 bits per heavy atom. The van der Waals surface area contributed by atoms with Gasteiger partial charge < -0.3 is 15.4 Å². The molecule has 1 rings (SSSR count). The molecule has 1 fully saturated rings. The highest BCUT2D eigenvalue weighted by molar-refractivity contribution is 5.80. The second kappa shape index (κ2) is 8.48. The van der Waals surface area contributed by atoms with Gasteiger partial charge >= 0.3 is 0 Å². The summed E-state index contributed by atoms with van der Waals surface area (Å²) < 4.78 is 5.84. The number of ether oxygens (including phenoxy) is 1. The zero-order valence-corrected chi connectivity index (χ0v) is 12.0. The zero-order valence-electron chi connectivity index (χ0n) is 12.0. The second-order valence-corrected chi connectivity index (χ2v) is 5.19. The molecule has 0 saturated heterocycles. The van der Waals surface area contributed by atoms with E-state index in [2.05, 4.69) is 17.6 Å². The number of amides is 1. The highest BCUT2D eigenvalue weighted by atomic mass is 16.5. The summed E-state index contributed by atoms with van der Waals surface area (Å²) >= 11 is 0. The summed E-state index contributed by atoms with van der Waals surface area (Å²) in [5.74, 6) is 0.0270. The molecule has 0 radical (unpaired) electrons. The quantitative estimate of drug-likeness (QED) is 0.683. The van der Waals surface area contributed by atoms with Crippen molar-refractivity contribution in [2.24, 2.45) is 0 Å². The molecule has 2 N–H and O–H groups in total. The van der Waals surface area contributed by atoms with E-state index in [0.29, 0.717) is 6.04 Å². The average molecular weight is 256 g/mol. The number of hydrogen-bond donors (Lipinski definition) is 2. The lowest BCUT2D eigenvalue weighted by molar-refractivity contribution is -0.136. The Hall–Kier alpha value is -0.610. The van der Waals surface area contributed by atoms with E-state index in [1.807, 2.05) is 14.0 Å². The van der Waals surface area contributed by atoms with E-state index < -0.39 is 0 Å². The summed E-state index contributed by atoms with van der Waals surface area (Å²) in [6.07, 6.45) is 6.46. The van der Waals surface area contributed by atoms with E-state index >= 15 is 0 Å². The van der Waals surface area contributed by atoms with E-state index in [0.717, 1.165) is 45.1 Å². The van der Waals surface area contributed by atoms with Crippen molar-refractivity contribution in [3.63, 3.8) is 0 Å². The Balaban J connectivity index is 2.19. The van der Waals surface area contributed by atoms with Crippen LogP contribution in [0, 0.1) is 0 Å². The first kappa shape index (κ1) is 15.4. The molecule has 106 valence electrons. The minimum atomic E-state index is -0.321. The van der Waals surface area contributed by atoms with E-state index in [1.165, 1.54) is 0 Å². The Bertz CT molecular complexity index is 238. The fraction of sp³-hybridized carbons (Fsp3) is 0.929. The van der Waals surface area contributed by atoms with Gasteiger partial charge in [0.2, 0.25) is 5.91 Å². The van der Waals surface area contributed by atoms with Crippen LogP contribution < -0.4 is 10.6 Å². The van der Waals surface area contributed by atoms with E-state index in [1.54, 1.807) is 0 Å². The van der Waals surface area contributed by atoms with Gasteiger partial charge in [-0.15, -0.1) is 0 Å². The molecule has 4 nitrogen and oxygen atoms in total. The van der Waals surface area contributed by atoms with Crippen LogP contribution >= 0.6 is 0 Å². The minimum Gasteiger partial charge on any atom is -0.365 e. The third-order valence-electron chi connectivity index (χ3n) is 3.68. The van der Waals surface area contributed by atoms with Crippen LogP contribution in [-0.4, -0.2) is 37.7 Å². The summed E-state index contributed by atoms with van der Waals surface area (Å²) in [5, 5.41) is 6.22. The number of unbranched alkanes of at least 4 members (excludes halogenated alkanes) is 1. The molecule has 1 atom stereocenters. The predicted octanol–water partition coefficient (Wildman–Crippen LogP) is 1.84. The molecule has 0 bridgehead atoms. The lowest BCUT2D eigenvalue weighted by atomic mass is 9.93. The van der Waals surface area contributed by atoms with Crippen molar-refractivity contribution in [3.8, 4) is 0 Å². The van der Waals surface area contributed by atoms with Crippen molar-refractivity contribution in [1.29, 1.82) is 0 Å². The molecule has 1 aliphatic carbocycles. The molecule has 1 unspecified atom stereocenters. The van der Waals surface area contributed by atoms with Crippen LogP contribution in [-0.2, 0) is 9.53 Å². The number of carbonyl (C=O) groups is 1. The van der Waals surface area contributed by atoms with Crippen molar-refractivity contribution in [2.75, 3.05) is 13.6 Å². The van der Waals surface area contributed by atoms with Crippen LogP contribution in [0.15, 0.2) is 0 Å². The number of hydrogen-bond acceptors (Lipinski definition) is 3. The molecule has 0 aliphatic heterocycles. The normalized spacial score (nSPS) is 25.7. The van der Waals surface area contributed by atoms with Crippen LogP contribution in [0.3, 0.4) is 0 Å². The molecule has 1 saturated carbocycles. The molecule has 0 spiro atoms. The van der Waals surface area contributed by atoms with Crippen molar-refractivity contribution >= 4 is 5.91 Å². The van der Waals surface area contributed by atoms with Crippen LogP contribution in [0.25, 0.3) is 0 Å². The van der Waals surface area contributed by atoms with Crippen LogP contribution in [0.5, 0.6) is 0 Å². The van der Waals surface area contributed by atoms with Crippen molar-refractivity contribution in [3.05, 3.63) is 0 Å². The smallest absolute Gasteiger partial charge is 0.248 e. The Labute approximate surface area is 111 Å². The summed E-state index contributed by atoms with van der Waals surface area (Å²) in [4.78, 5) is 11.8. The molecule has 0 aromatic carbocycles. The Morgan fingerprint density at radius 3 is 2.56 bits per heavy atom. The van der Waals surface area contributed by atoms with Gasteiger partial charge in [0.05, 0.1) is 6.10 Å². The first-order valence-electron chi connectivity index (χ1n) is 7.27. The number of rotatable bonds is 7. The SMILES string of the molecule is CCCCNC(=O)C(C)OC1CCC(NC)CC1. The van der Waals surface area contributed by atoms with Crippen LogP contribution in [0.2, 0.25) is 0 Å². The highest BCUT2D eigenvalue weighted by Crippen LogP contribution is 2.22. The molecule has 0 aromatic rings. The summed E-state index contributed by atoms with van der Waals surface area (Å²) in [6, 6.07) is 0.624. The molecule has 18 heavy (non-hydrogen) atoms. The third kappa shape index (κ3) is 5.36.